The normalized spacial score (nSPS) is 39.8. The van der Waals surface area contributed by atoms with Gasteiger partial charge in [-0.1, -0.05) is 13.0 Å². The molecule has 3 aliphatic carbocycles. The highest BCUT2D eigenvalue weighted by molar-refractivity contribution is 5.52. The number of phenolic OH excluding ortho intramolecular Hbond substituents is 1. The number of ether oxygens (including phenoxy) is 1. The van der Waals surface area contributed by atoms with Gasteiger partial charge in [-0.05, 0) is 73.3 Å². The molecule has 0 heterocycles. The van der Waals surface area contributed by atoms with Crippen LogP contribution in [-0.2, 0) is 6.42 Å². The van der Waals surface area contributed by atoms with E-state index in [1.165, 1.54) is 5.56 Å². The Bertz CT molecular complexity index is 597. The largest absolute Gasteiger partial charge is 0.504 e. The summed E-state index contributed by atoms with van der Waals surface area (Å²) in [6.45, 7) is 2.30. The van der Waals surface area contributed by atoms with Crippen molar-refractivity contribution in [3.63, 3.8) is 0 Å². The Morgan fingerprint density at radius 3 is 2.77 bits per heavy atom. The highest BCUT2D eigenvalue weighted by Gasteiger charge is 2.54. The Labute approximate surface area is 132 Å². The first-order chi connectivity index (χ1) is 10.6. The Balaban J connectivity index is 1.72. The van der Waals surface area contributed by atoms with Gasteiger partial charge in [0.2, 0.25) is 0 Å². The molecule has 2 saturated carbocycles. The summed E-state index contributed by atoms with van der Waals surface area (Å²) in [6, 6.07) is 4.08. The number of fused-ring (bicyclic) bond motifs is 5. The average molecular weight is 302 g/mol. The van der Waals surface area contributed by atoms with Gasteiger partial charge in [0.25, 0.3) is 0 Å². The first-order valence-electron chi connectivity index (χ1n) is 8.63. The molecular weight excluding hydrogens is 276 g/mol. The molecule has 0 saturated heterocycles. The summed E-state index contributed by atoms with van der Waals surface area (Å²) in [6.07, 6.45) is 6.30. The molecule has 0 spiro atoms. The van der Waals surface area contributed by atoms with Gasteiger partial charge in [0.1, 0.15) is 0 Å². The van der Waals surface area contributed by atoms with E-state index in [1.54, 1.807) is 7.11 Å². The molecule has 2 fully saturated rings. The van der Waals surface area contributed by atoms with Crippen molar-refractivity contribution in [3.05, 3.63) is 23.3 Å². The molecule has 3 nitrogen and oxygen atoms in total. The number of hydrogen-bond donors (Lipinski definition) is 2. The van der Waals surface area contributed by atoms with Gasteiger partial charge in [0, 0.05) is 5.56 Å². The number of rotatable bonds is 1. The smallest absolute Gasteiger partial charge is 0.161 e. The fraction of sp³-hybridized carbons (Fsp3) is 0.684. The van der Waals surface area contributed by atoms with E-state index in [2.05, 4.69) is 13.0 Å². The molecule has 1 aromatic rings. The molecule has 0 radical (unpaired) electrons. The van der Waals surface area contributed by atoms with E-state index < -0.39 is 0 Å². The van der Waals surface area contributed by atoms with Crippen LogP contribution in [0.15, 0.2) is 12.1 Å². The molecule has 3 heteroatoms. The molecule has 3 aliphatic rings. The number of benzene rings is 1. The SMILES string of the molecule is COc1ccc2c(c1O)CCC1C2CCC2(C)C(O)CCC12. The highest BCUT2D eigenvalue weighted by Crippen LogP contribution is 2.61. The van der Waals surface area contributed by atoms with Gasteiger partial charge in [0.15, 0.2) is 11.5 Å². The minimum Gasteiger partial charge on any atom is -0.504 e. The fourth-order valence-corrected chi connectivity index (χ4v) is 5.76. The Morgan fingerprint density at radius 1 is 1.18 bits per heavy atom. The molecule has 0 amide bonds. The van der Waals surface area contributed by atoms with Crippen molar-refractivity contribution in [2.75, 3.05) is 7.11 Å². The summed E-state index contributed by atoms with van der Waals surface area (Å²) in [7, 11) is 1.61. The van der Waals surface area contributed by atoms with Gasteiger partial charge in [0.05, 0.1) is 13.2 Å². The maximum Gasteiger partial charge on any atom is 0.161 e. The van der Waals surface area contributed by atoms with E-state index in [-0.39, 0.29) is 11.5 Å². The second kappa shape index (κ2) is 4.89. The Kier molecular flexibility index (Phi) is 3.19. The summed E-state index contributed by atoms with van der Waals surface area (Å²) >= 11 is 0. The number of hydrogen-bond acceptors (Lipinski definition) is 3. The van der Waals surface area contributed by atoms with Gasteiger partial charge >= 0.3 is 0 Å². The molecule has 0 aliphatic heterocycles. The van der Waals surface area contributed by atoms with Crippen molar-refractivity contribution in [2.45, 2.75) is 57.5 Å². The number of aromatic hydroxyl groups is 1. The standard InChI is InChI=1S/C19H26O3/c1-19-10-9-12-11-5-7-16(22-2)18(21)14(11)4-3-13(12)15(19)6-8-17(19)20/h5,7,12-13,15,17,20-21H,3-4,6,8-10H2,1-2H3. The van der Waals surface area contributed by atoms with Crippen LogP contribution in [-0.4, -0.2) is 23.4 Å². The fourth-order valence-electron chi connectivity index (χ4n) is 5.76. The maximum atomic E-state index is 10.4. The third-order valence-electron chi connectivity index (χ3n) is 7.02. The molecule has 120 valence electrons. The molecule has 1 aromatic carbocycles. The van der Waals surface area contributed by atoms with Crippen molar-refractivity contribution < 1.29 is 14.9 Å². The molecule has 5 unspecified atom stereocenters. The average Bonchev–Trinajstić information content (AvgIpc) is 2.83. The van der Waals surface area contributed by atoms with Crippen LogP contribution in [0.3, 0.4) is 0 Å². The zero-order valence-electron chi connectivity index (χ0n) is 13.5. The summed E-state index contributed by atoms with van der Waals surface area (Å²) in [4.78, 5) is 0. The maximum absolute atomic E-state index is 10.4. The van der Waals surface area contributed by atoms with Crippen molar-refractivity contribution >= 4 is 0 Å². The number of methoxy groups -OCH3 is 1. The molecule has 0 aromatic heterocycles. The lowest BCUT2D eigenvalue weighted by Crippen LogP contribution is -2.43. The van der Waals surface area contributed by atoms with E-state index >= 15 is 0 Å². The number of aliphatic hydroxyl groups is 1. The van der Waals surface area contributed by atoms with E-state index in [0.717, 1.165) is 44.1 Å². The van der Waals surface area contributed by atoms with Crippen LogP contribution in [0.2, 0.25) is 0 Å². The van der Waals surface area contributed by atoms with Crippen LogP contribution in [0.1, 0.15) is 56.1 Å². The molecule has 22 heavy (non-hydrogen) atoms. The quantitative estimate of drug-likeness (QED) is 0.833. The van der Waals surface area contributed by atoms with Gasteiger partial charge < -0.3 is 14.9 Å². The van der Waals surface area contributed by atoms with E-state index in [4.69, 9.17) is 4.74 Å². The molecule has 2 N–H and O–H groups in total. The number of aliphatic hydroxyl groups excluding tert-OH is 1. The van der Waals surface area contributed by atoms with Crippen LogP contribution in [0.25, 0.3) is 0 Å². The summed E-state index contributed by atoms with van der Waals surface area (Å²) in [5, 5.41) is 20.9. The van der Waals surface area contributed by atoms with Gasteiger partial charge in [-0.25, -0.2) is 0 Å². The zero-order chi connectivity index (χ0) is 15.5. The molecular formula is C19H26O3. The predicted octanol–water partition coefficient (Wildman–Crippen LogP) is 3.62. The third kappa shape index (κ3) is 1.78. The van der Waals surface area contributed by atoms with Gasteiger partial charge in [-0.3, -0.25) is 0 Å². The highest BCUT2D eigenvalue weighted by atomic mass is 16.5. The van der Waals surface area contributed by atoms with Crippen LogP contribution in [0.5, 0.6) is 11.5 Å². The van der Waals surface area contributed by atoms with E-state index in [9.17, 15) is 10.2 Å². The second-order valence-electron chi connectivity index (χ2n) is 7.74. The topological polar surface area (TPSA) is 49.7 Å². The van der Waals surface area contributed by atoms with Crippen LogP contribution in [0.4, 0.5) is 0 Å². The second-order valence-corrected chi connectivity index (χ2v) is 7.74. The van der Waals surface area contributed by atoms with Crippen LogP contribution < -0.4 is 4.74 Å². The van der Waals surface area contributed by atoms with E-state index in [0.29, 0.717) is 29.3 Å². The first kappa shape index (κ1) is 14.4. The lowest BCUT2D eigenvalue weighted by atomic mass is 9.55. The zero-order valence-corrected chi connectivity index (χ0v) is 13.5. The van der Waals surface area contributed by atoms with Crippen molar-refractivity contribution in [2.24, 2.45) is 17.3 Å². The molecule has 0 bridgehead atoms. The van der Waals surface area contributed by atoms with Crippen molar-refractivity contribution in [3.8, 4) is 11.5 Å². The van der Waals surface area contributed by atoms with Gasteiger partial charge in [-0.15, -0.1) is 0 Å². The monoisotopic (exact) mass is 302 g/mol. The summed E-state index contributed by atoms with van der Waals surface area (Å²) in [5.41, 5.74) is 2.55. The lowest BCUT2D eigenvalue weighted by molar-refractivity contribution is -0.0227. The predicted molar refractivity (Wildman–Crippen MR) is 85.3 cm³/mol. The molecule has 4 rings (SSSR count). The van der Waals surface area contributed by atoms with Crippen molar-refractivity contribution in [1.29, 1.82) is 0 Å². The third-order valence-corrected chi connectivity index (χ3v) is 7.02. The Morgan fingerprint density at radius 2 is 2.00 bits per heavy atom. The van der Waals surface area contributed by atoms with E-state index in [1.807, 2.05) is 6.07 Å². The minimum absolute atomic E-state index is 0.118. The first-order valence-corrected chi connectivity index (χ1v) is 8.63. The summed E-state index contributed by atoms with van der Waals surface area (Å²) in [5.74, 6) is 2.78. The van der Waals surface area contributed by atoms with Crippen LogP contribution >= 0.6 is 0 Å². The van der Waals surface area contributed by atoms with Crippen molar-refractivity contribution in [1.82, 2.24) is 0 Å². The van der Waals surface area contributed by atoms with Gasteiger partial charge in [-0.2, -0.15) is 0 Å². The minimum atomic E-state index is -0.121. The molecule has 5 atom stereocenters. The lowest BCUT2D eigenvalue weighted by Gasteiger charge is -2.50. The summed E-state index contributed by atoms with van der Waals surface area (Å²) < 4.78 is 5.26. The number of phenols is 1. The Hall–Kier alpha value is -1.22. The van der Waals surface area contributed by atoms with Crippen LogP contribution in [0, 0.1) is 17.3 Å².